The molecule has 1 aliphatic rings. The highest BCUT2D eigenvalue weighted by Crippen LogP contribution is 2.32. The zero-order valence-corrected chi connectivity index (χ0v) is 10.1. The molecule has 4 nitrogen and oxygen atoms in total. The van der Waals surface area contributed by atoms with Gasteiger partial charge in [0.2, 0.25) is 0 Å². The van der Waals surface area contributed by atoms with Crippen LogP contribution in [0.2, 0.25) is 0 Å². The van der Waals surface area contributed by atoms with E-state index in [0.29, 0.717) is 10.6 Å². The first-order valence-corrected chi connectivity index (χ1v) is 6.73. The van der Waals surface area contributed by atoms with Crippen LogP contribution in [0.5, 0.6) is 0 Å². The van der Waals surface area contributed by atoms with Crippen molar-refractivity contribution in [2.24, 2.45) is 0 Å². The summed E-state index contributed by atoms with van der Waals surface area (Å²) in [6.07, 6.45) is 0. The van der Waals surface area contributed by atoms with Crippen molar-refractivity contribution in [2.45, 2.75) is 30.0 Å². The first-order chi connectivity index (χ1) is 7.46. The van der Waals surface area contributed by atoms with Crippen molar-refractivity contribution >= 4 is 15.5 Å². The molecule has 0 aliphatic carbocycles. The number of aliphatic hydroxyl groups excluding tert-OH is 1. The Morgan fingerprint density at radius 1 is 1.44 bits per heavy atom. The number of nitrogens with one attached hydrogen (secondary N) is 1. The number of anilines is 1. The van der Waals surface area contributed by atoms with Crippen LogP contribution >= 0.6 is 0 Å². The van der Waals surface area contributed by atoms with Gasteiger partial charge < -0.3 is 10.4 Å². The number of benzene rings is 1. The lowest BCUT2D eigenvalue weighted by Gasteiger charge is -2.31. The topological polar surface area (TPSA) is 66.4 Å². The molecule has 5 heteroatoms. The van der Waals surface area contributed by atoms with Crippen molar-refractivity contribution < 1.29 is 13.5 Å². The largest absolute Gasteiger partial charge is 0.395 e. The average molecular weight is 241 g/mol. The van der Waals surface area contributed by atoms with Gasteiger partial charge in [-0.15, -0.1) is 0 Å². The van der Waals surface area contributed by atoms with Gasteiger partial charge in [0.15, 0.2) is 9.84 Å². The summed E-state index contributed by atoms with van der Waals surface area (Å²) < 4.78 is 24.4. The molecule has 0 spiro atoms. The fraction of sp³-hybridized carbons (Fsp3) is 0.455. The third-order valence-electron chi connectivity index (χ3n) is 2.96. The van der Waals surface area contributed by atoms with Crippen LogP contribution in [0.4, 0.5) is 5.69 Å². The number of hydrogen-bond donors (Lipinski definition) is 2. The van der Waals surface area contributed by atoms with Gasteiger partial charge in [0.1, 0.15) is 5.25 Å². The van der Waals surface area contributed by atoms with Crippen LogP contribution in [0, 0.1) is 6.92 Å². The normalized spacial score (nSPS) is 26.9. The summed E-state index contributed by atoms with van der Waals surface area (Å²) in [5.74, 6) is 0. The summed E-state index contributed by atoms with van der Waals surface area (Å²) in [6.45, 7) is 3.26. The molecule has 88 valence electrons. The predicted octanol–water partition coefficient (Wildman–Crippen LogP) is 0.944. The highest BCUT2D eigenvalue weighted by molar-refractivity contribution is 7.92. The number of aliphatic hydroxyl groups is 1. The fourth-order valence-corrected chi connectivity index (χ4v) is 3.92. The highest BCUT2D eigenvalue weighted by Gasteiger charge is 2.37. The SMILES string of the molecule is Cc1ccc2c(c1)S(=O)(=O)C(CO)C(C)N2. The molecule has 0 aromatic heterocycles. The molecule has 0 amide bonds. The molecule has 1 aliphatic heterocycles. The molecule has 0 saturated heterocycles. The Kier molecular flexibility index (Phi) is 2.67. The maximum absolute atomic E-state index is 12.2. The van der Waals surface area contributed by atoms with Crippen LogP contribution in [0.3, 0.4) is 0 Å². The van der Waals surface area contributed by atoms with E-state index in [1.807, 2.05) is 13.0 Å². The predicted molar refractivity (Wildman–Crippen MR) is 62.3 cm³/mol. The minimum atomic E-state index is -3.42. The van der Waals surface area contributed by atoms with E-state index in [2.05, 4.69) is 5.32 Å². The van der Waals surface area contributed by atoms with Crippen molar-refractivity contribution in [1.29, 1.82) is 0 Å². The zero-order chi connectivity index (χ0) is 11.9. The Bertz CT molecular complexity index is 510. The van der Waals surface area contributed by atoms with Gasteiger partial charge >= 0.3 is 0 Å². The quantitative estimate of drug-likeness (QED) is 0.768. The molecular formula is C11H15NO3S. The summed E-state index contributed by atoms with van der Waals surface area (Å²) in [7, 11) is -3.42. The van der Waals surface area contributed by atoms with E-state index in [4.69, 9.17) is 0 Å². The molecule has 16 heavy (non-hydrogen) atoms. The van der Waals surface area contributed by atoms with Gasteiger partial charge in [-0.05, 0) is 31.5 Å². The van der Waals surface area contributed by atoms with Gasteiger partial charge in [0.05, 0.1) is 17.2 Å². The molecule has 0 radical (unpaired) electrons. The number of fused-ring (bicyclic) bond motifs is 1. The minimum absolute atomic E-state index is 0.273. The molecule has 2 unspecified atom stereocenters. The maximum Gasteiger partial charge on any atom is 0.187 e. The Morgan fingerprint density at radius 3 is 2.75 bits per heavy atom. The lowest BCUT2D eigenvalue weighted by molar-refractivity contribution is 0.282. The monoisotopic (exact) mass is 241 g/mol. The second-order valence-corrected chi connectivity index (χ2v) is 6.33. The zero-order valence-electron chi connectivity index (χ0n) is 9.27. The van der Waals surface area contributed by atoms with E-state index < -0.39 is 15.1 Å². The maximum atomic E-state index is 12.2. The molecule has 1 aromatic rings. The molecule has 2 atom stereocenters. The molecule has 0 fully saturated rings. The number of rotatable bonds is 1. The number of hydrogen-bond acceptors (Lipinski definition) is 4. The van der Waals surface area contributed by atoms with Gasteiger partial charge in [0.25, 0.3) is 0 Å². The summed E-state index contributed by atoms with van der Waals surface area (Å²) in [5, 5.41) is 11.5. The van der Waals surface area contributed by atoms with Crippen LogP contribution in [-0.2, 0) is 9.84 Å². The first-order valence-electron chi connectivity index (χ1n) is 5.19. The molecule has 2 rings (SSSR count). The van der Waals surface area contributed by atoms with E-state index in [9.17, 15) is 13.5 Å². The first kappa shape index (κ1) is 11.4. The molecule has 0 saturated carbocycles. The van der Waals surface area contributed by atoms with E-state index in [1.54, 1.807) is 19.1 Å². The smallest absolute Gasteiger partial charge is 0.187 e. The Hall–Kier alpha value is -1.07. The van der Waals surface area contributed by atoms with Gasteiger partial charge in [-0.3, -0.25) is 0 Å². The van der Waals surface area contributed by atoms with Gasteiger partial charge in [0, 0.05) is 6.04 Å². The van der Waals surface area contributed by atoms with Crippen molar-refractivity contribution in [1.82, 2.24) is 0 Å². The van der Waals surface area contributed by atoms with E-state index >= 15 is 0 Å². The molecule has 2 N–H and O–H groups in total. The van der Waals surface area contributed by atoms with Crippen LogP contribution in [-0.4, -0.2) is 31.4 Å². The third kappa shape index (κ3) is 1.60. The Morgan fingerprint density at radius 2 is 2.12 bits per heavy atom. The Labute approximate surface area is 95.2 Å². The average Bonchev–Trinajstić information content (AvgIpc) is 2.19. The Balaban J connectivity index is 2.64. The molecule has 0 bridgehead atoms. The lowest BCUT2D eigenvalue weighted by Crippen LogP contribution is -2.44. The van der Waals surface area contributed by atoms with Gasteiger partial charge in [-0.1, -0.05) is 6.07 Å². The van der Waals surface area contributed by atoms with E-state index in [0.717, 1.165) is 5.56 Å². The fourth-order valence-electron chi connectivity index (χ4n) is 2.01. The van der Waals surface area contributed by atoms with Crippen LogP contribution in [0.1, 0.15) is 12.5 Å². The van der Waals surface area contributed by atoms with E-state index in [1.165, 1.54) is 0 Å². The molecule has 1 aromatic carbocycles. The van der Waals surface area contributed by atoms with Crippen molar-refractivity contribution in [3.63, 3.8) is 0 Å². The summed E-state index contributed by atoms with van der Waals surface area (Å²) in [6, 6.07) is 5.01. The standard InChI is InChI=1S/C11H15NO3S/c1-7-3-4-9-10(5-7)16(14,15)11(6-13)8(2)12-9/h3-5,8,11-13H,6H2,1-2H3. The lowest BCUT2D eigenvalue weighted by atomic mass is 10.2. The molecular weight excluding hydrogens is 226 g/mol. The molecule has 1 heterocycles. The second kappa shape index (κ2) is 3.75. The van der Waals surface area contributed by atoms with Crippen LogP contribution in [0.15, 0.2) is 23.1 Å². The van der Waals surface area contributed by atoms with Gasteiger partial charge in [-0.25, -0.2) is 8.42 Å². The highest BCUT2D eigenvalue weighted by atomic mass is 32.2. The number of sulfone groups is 1. The van der Waals surface area contributed by atoms with Crippen LogP contribution in [0.25, 0.3) is 0 Å². The summed E-state index contributed by atoms with van der Waals surface area (Å²) >= 11 is 0. The van der Waals surface area contributed by atoms with Crippen molar-refractivity contribution in [3.05, 3.63) is 23.8 Å². The van der Waals surface area contributed by atoms with Crippen LogP contribution < -0.4 is 5.32 Å². The van der Waals surface area contributed by atoms with E-state index in [-0.39, 0.29) is 12.6 Å². The van der Waals surface area contributed by atoms with Crippen molar-refractivity contribution in [3.8, 4) is 0 Å². The summed E-state index contributed by atoms with van der Waals surface area (Å²) in [5.41, 5.74) is 1.53. The summed E-state index contributed by atoms with van der Waals surface area (Å²) in [4.78, 5) is 0.296. The van der Waals surface area contributed by atoms with Crippen molar-refractivity contribution in [2.75, 3.05) is 11.9 Å². The number of aryl methyl sites for hydroxylation is 1. The third-order valence-corrected chi connectivity index (χ3v) is 5.27. The second-order valence-electron chi connectivity index (χ2n) is 4.20. The van der Waals surface area contributed by atoms with Gasteiger partial charge in [-0.2, -0.15) is 0 Å². The minimum Gasteiger partial charge on any atom is -0.395 e.